The van der Waals surface area contributed by atoms with Crippen LogP contribution in [0.15, 0.2) is 54.0 Å². The molecule has 0 radical (unpaired) electrons. The van der Waals surface area contributed by atoms with Crippen LogP contribution in [0, 0.1) is 0 Å². The van der Waals surface area contributed by atoms with E-state index in [0.29, 0.717) is 5.56 Å². The molecule has 110 valence electrons. The van der Waals surface area contributed by atoms with Gasteiger partial charge in [-0.05, 0) is 24.3 Å². The van der Waals surface area contributed by atoms with Crippen molar-refractivity contribution in [2.45, 2.75) is 0 Å². The number of pyridine rings is 1. The van der Waals surface area contributed by atoms with Crippen molar-refractivity contribution >= 4 is 28.2 Å². The van der Waals surface area contributed by atoms with Crippen molar-refractivity contribution in [2.24, 2.45) is 0 Å². The Morgan fingerprint density at radius 3 is 2.64 bits per heavy atom. The highest BCUT2D eigenvalue weighted by Crippen LogP contribution is 2.26. The maximum atomic E-state index is 11.3. The summed E-state index contributed by atoms with van der Waals surface area (Å²) in [6.45, 7) is 0. The molecule has 0 fully saturated rings. The number of carbonyl (C=O) groups excluding carboxylic acids is 1. The zero-order chi connectivity index (χ0) is 15.4. The summed E-state index contributed by atoms with van der Waals surface area (Å²) in [4.78, 5) is 19.9. The number of nitrogens with one attached hydrogen (secondary N) is 2. The number of hydrogen-bond acceptors (Lipinski definition) is 6. The fourth-order valence-corrected chi connectivity index (χ4v) is 2.59. The van der Waals surface area contributed by atoms with Gasteiger partial charge in [-0.25, -0.2) is 15.4 Å². The van der Waals surface area contributed by atoms with Gasteiger partial charge >= 0.3 is 0 Å². The average Bonchev–Trinajstić information content (AvgIpc) is 3.04. The molecule has 0 spiro atoms. The third kappa shape index (κ3) is 3.11. The Morgan fingerprint density at radius 1 is 1.14 bits per heavy atom. The van der Waals surface area contributed by atoms with Gasteiger partial charge in [0.05, 0.1) is 5.69 Å². The lowest BCUT2D eigenvalue weighted by Crippen LogP contribution is -2.18. The Hall–Kier alpha value is -2.77. The molecular formula is C15H12N4O2S. The second kappa shape index (κ2) is 6.33. The summed E-state index contributed by atoms with van der Waals surface area (Å²) in [7, 11) is 0. The summed E-state index contributed by atoms with van der Waals surface area (Å²) in [5.41, 5.74) is 3.68. The van der Waals surface area contributed by atoms with Crippen molar-refractivity contribution in [3.63, 3.8) is 0 Å². The highest BCUT2D eigenvalue weighted by molar-refractivity contribution is 7.14. The monoisotopic (exact) mass is 312 g/mol. The van der Waals surface area contributed by atoms with Crippen molar-refractivity contribution in [2.75, 3.05) is 5.32 Å². The Kier molecular flexibility index (Phi) is 4.08. The number of thiazole rings is 1. The average molecular weight is 312 g/mol. The third-order valence-electron chi connectivity index (χ3n) is 2.95. The topological polar surface area (TPSA) is 87.1 Å². The van der Waals surface area contributed by atoms with Crippen LogP contribution in [0.2, 0.25) is 0 Å². The minimum Gasteiger partial charge on any atom is -0.316 e. The van der Waals surface area contributed by atoms with Gasteiger partial charge < -0.3 is 5.32 Å². The second-order valence-electron chi connectivity index (χ2n) is 4.40. The van der Waals surface area contributed by atoms with Crippen LogP contribution in [0.1, 0.15) is 10.4 Å². The summed E-state index contributed by atoms with van der Waals surface area (Å²) in [6.07, 6.45) is 1.71. The maximum absolute atomic E-state index is 11.3. The first-order valence-electron chi connectivity index (χ1n) is 6.45. The van der Waals surface area contributed by atoms with Gasteiger partial charge in [-0.1, -0.05) is 18.2 Å². The zero-order valence-corrected chi connectivity index (χ0v) is 12.2. The molecule has 0 bridgehead atoms. The molecular weight excluding hydrogens is 300 g/mol. The second-order valence-corrected chi connectivity index (χ2v) is 5.25. The van der Waals surface area contributed by atoms with Crippen LogP contribution in [0.5, 0.6) is 0 Å². The number of hydrogen-bond donors (Lipinski definition) is 3. The number of nitrogens with zero attached hydrogens (tertiary/aromatic N) is 2. The fraction of sp³-hybridized carbons (Fsp3) is 0. The standard InChI is InChI=1S/C15H12N4O2S/c20-14(19-21)11-6-4-10(5-7-11)12-9-22-15(17-12)18-13-3-1-2-8-16-13/h1-9,21H,(H,19,20)(H,16,17,18). The van der Waals surface area contributed by atoms with Crippen molar-refractivity contribution in [3.8, 4) is 11.3 Å². The molecule has 3 rings (SSSR count). The van der Waals surface area contributed by atoms with E-state index in [1.807, 2.05) is 23.6 Å². The summed E-state index contributed by atoms with van der Waals surface area (Å²) >= 11 is 1.47. The highest BCUT2D eigenvalue weighted by atomic mass is 32.1. The third-order valence-corrected chi connectivity index (χ3v) is 3.71. The normalized spacial score (nSPS) is 10.2. The minimum atomic E-state index is -0.540. The zero-order valence-electron chi connectivity index (χ0n) is 11.4. The van der Waals surface area contributed by atoms with Crippen LogP contribution in [0.3, 0.4) is 0 Å². The van der Waals surface area contributed by atoms with Gasteiger partial charge in [-0.15, -0.1) is 11.3 Å². The Bertz CT molecular complexity index is 772. The molecule has 1 amide bonds. The molecule has 3 aromatic rings. The van der Waals surface area contributed by atoms with E-state index in [9.17, 15) is 4.79 Å². The first kappa shape index (κ1) is 14.2. The van der Waals surface area contributed by atoms with E-state index in [1.165, 1.54) is 11.3 Å². The first-order chi connectivity index (χ1) is 10.8. The van der Waals surface area contributed by atoms with Crippen LogP contribution < -0.4 is 10.8 Å². The number of aromatic nitrogens is 2. The van der Waals surface area contributed by atoms with Crippen LogP contribution in [-0.4, -0.2) is 21.1 Å². The smallest absolute Gasteiger partial charge is 0.274 e. The number of carbonyl (C=O) groups is 1. The van der Waals surface area contributed by atoms with Crippen molar-refractivity contribution < 1.29 is 10.0 Å². The Morgan fingerprint density at radius 2 is 1.95 bits per heavy atom. The number of hydroxylamine groups is 1. The lowest BCUT2D eigenvalue weighted by Gasteiger charge is -2.01. The molecule has 0 aliphatic rings. The van der Waals surface area contributed by atoms with Gasteiger partial charge in [0.25, 0.3) is 5.91 Å². The molecule has 0 aliphatic heterocycles. The first-order valence-corrected chi connectivity index (χ1v) is 7.32. The lowest BCUT2D eigenvalue weighted by atomic mass is 10.1. The van der Waals surface area contributed by atoms with Crippen molar-refractivity contribution in [1.82, 2.24) is 15.4 Å². The van der Waals surface area contributed by atoms with Crippen molar-refractivity contribution in [1.29, 1.82) is 0 Å². The van der Waals surface area contributed by atoms with Gasteiger partial charge in [-0.3, -0.25) is 10.0 Å². The maximum Gasteiger partial charge on any atom is 0.274 e. The van der Waals surface area contributed by atoms with E-state index >= 15 is 0 Å². The van der Waals surface area contributed by atoms with E-state index in [2.05, 4.69) is 15.3 Å². The summed E-state index contributed by atoms with van der Waals surface area (Å²) in [5.74, 6) is 0.195. The van der Waals surface area contributed by atoms with Crippen LogP contribution >= 0.6 is 11.3 Å². The molecule has 1 aromatic carbocycles. The molecule has 22 heavy (non-hydrogen) atoms. The van der Waals surface area contributed by atoms with Crippen LogP contribution in [-0.2, 0) is 0 Å². The van der Waals surface area contributed by atoms with Crippen molar-refractivity contribution in [3.05, 3.63) is 59.6 Å². The predicted octanol–water partition coefficient (Wildman–Crippen LogP) is 3.07. The molecule has 3 N–H and O–H groups in total. The molecule has 0 saturated heterocycles. The van der Waals surface area contributed by atoms with E-state index in [0.717, 1.165) is 22.2 Å². The van der Waals surface area contributed by atoms with Gasteiger partial charge in [0.1, 0.15) is 5.82 Å². The van der Waals surface area contributed by atoms with E-state index in [-0.39, 0.29) is 0 Å². The Labute approximate surface area is 130 Å². The quantitative estimate of drug-likeness (QED) is 0.509. The predicted molar refractivity (Wildman–Crippen MR) is 84.3 cm³/mol. The Balaban J connectivity index is 1.77. The molecule has 7 heteroatoms. The van der Waals surface area contributed by atoms with Gasteiger partial charge in [0, 0.05) is 22.7 Å². The van der Waals surface area contributed by atoms with E-state index < -0.39 is 5.91 Å². The number of rotatable bonds is 4. The van der Waals surface area contributed by atoms with Gasteiger partial charge in [0.2, 0.25) is 0 Å². The molecule has 0 unspecified atom stereocenters. The molecule has 2 aromatic heterocycles. The molecule has 2 heterocycles. The van der Waals surface area contributed by atoms with Gasteiger partial charge in [0.15, 0.2) is 5.13 Å². The summed E-state index contributed by atoms with van der Waals surface area (Å²) in [6, 6.07) is 12.4. The SMILES string of the molecule is O=C(NO)c1ccc(-c2csc(Nc3ccccn3)n2)cc1. The number of anilines is 2. The fourth-order valence-electron chi connectivity index (χ4n) is 1.87. The number of benzene rings is 1. The van der Waals surface area contributed by atoms with Gasteiger partial charge in [-0.2, -0.15) is 0 Å². The molecule has 0 aliphatic carbocycles. The highest BCUT2D eigenvalue weighted by Gasteiger charge is 2.07. The lowest BCUT2D eigenvalue weighted by molar-refractivity contribution is 0.0706. The van der Waals surface area contributed by atoms with Crippen LogP contribution in [0.25, 0.3) is 11.3 Å². The molecule has 0 saturated carbocycles. The minimum absolute atomic E-state index is 0.383. The largest absolute Gasteiger partial charge is 0.316 e. The summed E-state index contributed by atoms with van der Waals surface area (Å²) in [5, 5.41) is 14.4. The van der Waals surface area contributed by atoms with E-state index in [1.54, 1.807) is 35.9 Å². The van der Waals surface area contributed by atoms with E-state index in [4.69, 9.17) is 5.21 Å². The van der Waals surface area contributed by atoms with Crippen LogP contribution in [0.4, 0.5) is 10.9 Å². The molecule has 6 nitrogen and oxygen atoms in total. The number of amides is 1. The summed E-state index contributed by atoms with van der Waals surface area (Å²) < 4.78 is 0. The molecule has 0 atom stereocenters.